The molecule has 0 rings (SSSR count). The molecule has 0 aliphatic carbocycles. The summed E-state index contributed by atoms with van der Waals surface area (Å²) >= 11 is 0. The Labute approximate surface area is 50.2 Å². The van der Waals surface area contributed by atoms with Crippen molar-refractivity contribution in [2.24, 2.45) is 0 Å². The summed E-state index contributed by atoms with van der Waals surface area (Å²) in [6, 6.07) is 0. The first-order chi connectivity index (χ1) is 1.41. The zero-order chi connectivity index (χ0) is 2.71. The van der Waals surface area contributed by atoms with Gasteiger partial charge in [0.25, 0.3) is 0 Å². The third kappa shape index (κ3) is 57.9. The van der Waals surface area contributed by atoms with Gasteiger partial charge in [-0.05, 0) is 0 Å². The second kappa shape index (κ2) is 21.3. The van der Waals surface area contributed by atoms with E-state index in [-0.39, 0.29) is 29.5 Å². The minimum atomic E-state index is 0. The Kier molecular flexibility index (Phi) is 72.6. The molecule has 0 fully saturated rings. The van der Waals surface area contributed by atoms with Crippen LogP contribution in [0, 0.1) is 6.92 Å². The van der Waals surface area contributed by atoms with Crippen LogP contribution in [0.15, 0.2) is 0 Å². The largest absolute Gasteiger partial charge is 0.344 e. The molecule has 0 aromatic rings. The average molecular weight is 134 g/mol. The van der Waals surface area contributed by atoms with E-state index in [2.05, 4.69) is 6.92 Å². The smallest absolute Gasteiger partial charge is 0 e. The van der Waals surface area contributed by atoms with Crippen molar-refractivity contribution in [3.63, 3.8) is 0 Å². The molecular weight excluding hydrogens is 126 g/mol. The fourth-order valence-electron chi connectivity index (χ4n) is 0. The third-order valence-electron chi connectivity index (χ3n) is 0. The van der Waals surface area contributed by atoms with Crippen molar-refractivity contribution in [2.45, 2.75) is 13.3 Å². The van der Waals surface area contributed by atoms with E-state index in [1.807, 2.05) is 6.92 Å². The zero-order valence-corrected chi connectivity index (χ0v) is 5.20. The average Bonchev–Trinajstić information content (AvgIpc) is 0.918. The molecule has 0 heterocycles. The van der Waals surface area contributed by atoms with Crippen LogP contribution in [0.4, 0.5) is 0 Å². The fraction of sp³-hybridized carbons (Fsp3) is 0.667. The maximum absolute atomic E-state index is 3.49. The second-order valence-corrected chi connectivity index (χ2v) is 0.500. The molecule has 0 aliphatic heterocycles. The SMILES string of the molecule is Cl.[CH2-]CC.[Mn]. The molecule has 0 aromatic heterocycles. The molecule has 0 aromatic carbocycles. The Morgan fingerprint density at radius 3 is 1.60 bits per heavy atom. The van der Waals surface area contributed by atoms with Gasteiger partial charge in [0.2, 0.25) is 0 Å². The normalized spacial score (nSPS) is 3.60. The van der Waals surface area contributed by atoms with Gasteiger partial charge < -0.3 is 6.92 Å². The first-order valence-electron chi connectivity index (χ1n) is 1.21. The van der Waals surface area contributed by atoms with Crippen LogP contribution >= 0.6 is 12.4 Å². The Bertz CT molecular complexity index is 6.85. The molecule has 1 radical (unpaired) electrons. The van der Waals surface area contributed by atoms with Gasteiger partial charge in [-0.25, -0.2) is 0 Å². The van der Waals surface area contributed by atoms with Gasteiger partial charge >= 0.3 is 0 Å². The summed E-state index contributed by atoms with van der Waals surface area (Å²) < 4.78 is 0. The Hall–Kier alpha value is 0.809. The summed E-state index contributed by atoms with van der Waals surface area (Å²) in [4.78, 5) is 0. The molecule has 0 amide bonds. The van der Waals surface area contributed by atoms with E-state index in [1.165, 1.54) is 0 Å². The van der Waals surface area contributed by atoms with Gasteiger partial charge in [0, 0.05) is 17.1 Å². The van der Waals surface area contributed by atoms with E-state index >= 15 is 0 Å². The summed E-state index contributed by atoms with van der Waals surface area (Å²) in [7, 11) is 0. The van der Waals surface area contributed by atoms with Gasteiger partial charge in [0.15, 0.2) is 0 Å². The first kappa shape index (κ1) is 17.0. The van der Waals surface area contributed by atoms with Crippen molar-refractivity contribution < 1.29 is 17.1 Å². The van der Waals surface area contributed by atoms with Crippen molar-refractivity contribution in [3.8, 4) is 0 Å². The summed E-state index contributed by atoms with van der Waals surface area (Å²) in [6.45, 7) is 5.50. The van der Waals surface area contributed by atoms with Crippen molar-refractivity contribution in [1.29, 1.82) is 0 Å². The van der Waals surface area contributed by atoms with Crippen LogP contribution in [-0.4, -0.2) is 0 Å². The van der Waals surface area contributed by atoms with Gasteiger partial charge in [0.1, 0.15) is 0 Å². The van der Waals surface area contributed by atoms with Crippen molar-refractivity contribution in [1.82, 2.24) is 0 Å². The van der Waals surface area contributed by atoms with Gasteiger partial charge in [-0.1, -0.05) is 6.92 Å². The molecule has 0 saturated heterocycles. The molecule has 5 heavy (non-hydrogen) atoms. The second-order valence-electron chi connectivity index (χ2n) is 0.500. The molecule has 0 N–H and O–H groups in total. The third-order valence-corrected chi connectivity index (χ3v) is 0. The minimum absolute atomic E-state index is 0. The molecule has 2 heteroatoms. The molecule has 0 unspecified atom stereocenters. The van der Waals surface area contributed by atoms with Crippen LogP contribution in [0.25, 0.3) is 0 Å². The van der Waals surface area contributed by atoms with Crippen molar-refractivity contribution in [2.75, 3.05) is 0 Å². The van der Waals surface area contributed by atoms with Crippen LogP contribution in [0.5, 0.6) is 0 Å². The molecule has 0 spiro atoms. The number of hydrogen-bond acceptors (Lipinski definition) is 0. The van der Waals surface area contributed by atoms with Crippen LogP contribution in [0.3, 0.4) is 0 Å². The Morgan fingerprint density at radius 1 is 1.60 bits per heavy atom. The predicted molar refractivity (Wildman–Crippen MR) is 22.9 cm³/mol. The molecule has 35 valence electrons. The van der Waals surface area contributed by atoms with Crippen LogP contribution < -0.4 is 0 Å². The van der Waals surface area contributed by atoms with Crippen molar-refractivity contribution in [3.05, 3.63) is 6.92 Å². The Morgan fingerprint density at radius 2 is 1.60 bits per heavy atom. The zero-order valence-electron chi connectivity index (χ0n) is 3.20. The predicted octanol–water partition coefficient (Wildman–Crippen LogP) is 1.65. The molecule has 0 saturated carbocycles. The quantitative estimate of drug-likeness (QED) is 0.349. The summed E-state index contributed by atoms with van der Waals surface area (Å²) in [5, 5.41) is 0. The minimum Gasteiger partial charge on any atom is -0.344 e. The van der Waals surface area contributed by atoms with Gasteiger partial charge in [-0.15, -0.1) is 12.4 Å². The first-order valence-corrected chi connectivity index (χ1v) is 1.21. The standard InChI is InChI=1S/C3H7.ClH.Mn/c1-3-2;;/h1,3H2,2H3;1H;/q-1;;. The van der Waals surface area contributed by atoms with Gasteiger partial charge in [0.05, 0.1) is 0 Å². The van der Waals surface area contributed by atoms with E-state index in [4.69, 9.17) is 0 Å². The van der Waals surface area contributed by atoms with Crippen molar-refractivity contribution >= 4 is 12.4 Å². The van der Waals surface area contributed by atoms with Gasteiger partial charge in [-0.2, -0.15) is 6.42 Å². The van der Waals surface area contributed by atoms with E-state index in [9.17, 15) is 0 Å². The van der Waals surface area contributed by atoms with Gasteiger partial charge in [-0.3, -0.25) is 0 Å². The summed E-state index contributed by atoms with van der Waals surface area (Å²) in [6.07, 6.45) is 1.00. The molecule has 0 bridgehead atoms. The number of halogens is 1. The number of rotatable bonds is 0. The summed E-state index contributed by atoms with van der Waals surface area (Å²) in [5.74, 6) is 0. The maximum Gasteiger partial charge on any atom is 0 e. The molecular formula is C3H8ClMn-. The maximum atomic E-state index is 3.49. The molecule has 0 nitrogen and oxygen atoms in total. The topological polar surface area (TPSA) is 0 Å². The monoisotopic (exact) mass is 134 g/mol. The summed E-state index contributed by atoms with van der Waals surface area (Å²) in [5.41, 5.74) is 0. The number of hydrogen-bond donors (Lipinski definition) is 0. The van der Waals surface area contributed by atoms with Crippen LogP contribution in [0.1, 0.15) is 13.3 Å². The van der Waals surface area contributed by atoms with E-state index in [1.54, 1.807) is 0 Å². The fourth-order valence-corrected chi connectivity index (χ4v) is 0. The Balaban J connectivity index is -0.0000000200. The van der Waals surface area contributed by atoms with Crippen LogP contribution in [0.2, 0.25) is 0 Å². The van der Waals surface area contributed by atoms with E-state index in [0.717, 1.165) is 6.42 Å². The van der Waals surface area contributed by atoms with Crippen LogP contribution in [-0.2, 0) is 17.1 Å². The van der Waals surface area contributed by atoms with E-state index in [0.29, 0.717) is 0 Å². The van der Waals surface area contributed by atoms with E-state index < -0.39 is 0 Å². The molecule has 0 aliphatic rings. The molecule has 0 atom stereocenters.